The van der Waals surface area contributed by atoms with E-state index in [1.807, 2.05) is 169 Å². The van der Waals surface area contributed by atoms with E-state index in [9.17, 15) is 0 Å². The van der Waals surface area contributed by atoms with Crippen LogP contribution in [0.15, 0.2) is 30.0 Å². The Hall–Kier alpha value is 0.120. The molecule has 0 aliphatic carbocycles. The average molecular weight is 635 g/mol. The van der Waals surface area contributed by atoms with Gasteiger partial charge in [-0.2, -0.15) is 0 Å². The van der Waals surface area contributed by atoms with Crippen molar-refractivity contribution >= 4 is 33.1 Å². The molecule has 0 aliphatic rings. The number of rotatable bonds is 16. The lowest BCUT2D eigenvalue weighted by Crippen LogP contribution is -2.36. The minimum absolute atomic E-state index is 1.89. The van der Waals surface area contributed by atoms with Crippen LogP contribution in [-0.2, 0) is 4.52 Å². The van der Waals surface area contributed by atoms with Crippen LogP contribution in [0.4, 0.5) is 0 Å². The van der Waals surface area contributed by atoms with E-state index < -0.39 is 29.6 Å². The molecule has 0 fully saturated rings. The van der Waals surface area contributed by atoms with E-state index in [0.717, 1.165) is 0 Å². The molecule has 0 radical (unpaired) electrons. The van der Waals surface area contributed by atoms with Crippen LogP contribution in [0.3, 0.4) is 0 Å². The second-order valence-corrected chi connectivity index (χ2v) is 21.7. The van der Waals surface area contributed by atoms with Crippen LogP contribution >= 0.6 is 33.1 Å². The van der Waals surface area contributed by atoms with Crippen LogP contribution < -0.4 is 0 Å². The Kier molecular flexibility index (Phi) is 15.6. The summed E-state index contributed by atoms with van der Waals surface area (Å²) in [6, 6.07) is 0. The third kappa shape index (κ3) is 8.15. The molecule has 1 atom stereocenters. The first-order valence-electron chi connectivity index (χ1n) is 12.2. The van der Waals surface area contributed by atoms with Crippen molar-refractivity contribution in [2.24, 2.45) is 30.0 Å². The Morgan fingerprint density at radius 3 is 0.641 bits per heavy atom. The Balaban J connectivity index is 7.62. The Labute approximate surface area is 242 Å². The van der Waals surface area contributed by atoms with Crippen molar-refractivity contribution in [3.8, 4) is 0 Å². The SMILES string of the molecule is CN(C)[P+](N=NC(N=N[P+](N(C)C)(N(C)C)N(C)C)(N=N[P+](N(C)C)(N(C)C)N(C)C)OP)(N(C)C)N(C)C. The second-order valence-electron chi connectivity index (χ2n) is 10.5. The van der Waals surface area contributed by atoms with Gasteiger partial charge in [0.15, 0.2) is 0 Å². The maximum Gasteiger partial charge on any atom is 0.427 e. The molecule has 39 heavy (non-hydrogen) atoms. The van der Waals surface area contributed by atoms with Gasteiger partial charge in [-0.25, -0.2) is 0 Å². The van der Waals surface area contributed by atoms with E-state index in [2.05, 4.69) is 24.8 Å². The van der Waals surface area contributed by atoms with Crippen molar-refractivity contribution in [1.29, 1.82) is 0 Å². The molecule has 1 unspecified atom stereocenters. The molecular formula is C19H56N15OP4+3. The summed E-state index contributed by atoms with van der Waals surface area (Å²) >= 11 is 0. The van der Waals surface area contributed by atoms with Gasteiger partial charge < -0.3 is 0 Å². The average Bonchev–Trinajstić information content (AvgIpc) is 2.77. The molecule has 0 aromatic carbocycles. The largest absolute Gasteiger partial charge is 0.427 e. The van der Waals surface area contributed by atoms with Crippen molar-refractivity contribution in [3.63, 3.8) is 0 Å². The molecule has 0 aliphatic heterocycles. The third-order valence-corrected chi connectivity index (χ3v) is 16.8. The highest BCUT2D eigenvalue weighted by Gasteiger charge is 2.55. The topological polar surface area (TPSA) is 113 Å². The van der Waals surface area contributed by atoms with Crippen molar-refractivity contribution in [3.05, 3.63) is 0 Å². The predicted molar refractivity (Wildman–Crippen MR) is 172 cm³/mol. The van der Waals surface area contributed by atoms with E-state index in [4.69, 9.17) is 19.2 Å². The van der Waals surface area contributed by atoms with Crippen LogP contribution in [0.25, 0.3) is 0 Å². The van der Waals surface area contributed by atoms with E-state index in [0.29, 0.717) is 0 Å². The second kappa shape index (κ2) is 15.5. The van der Waals surface area contributed by atoms with Gasteiger partial charge in [-0.15, -0.1) is 42.0 Å². The molecule has 0 saturated carbocycles. The van der Waals surface area contributed by atoms with Crippen molar-refractivity contribution < 1.29 is 4.52 Å². The smallest absolute Gasteiger partial charge is 0.296 e. The zero-order valence-electron chi connectivity index (χ0n) is 27.5. The van der Waals surface area contributed by atoms with Gasteiger partial charge in [0.2, 0.25) is 0 Å². The molecule has 0 saturated heterocycles. The Bertz CT molecular complexity index is 666. The maximum absolute atomic E-state index is 5.86. The summed E-state index contributed by atoms with van der Waals surface area (Å²) in [5.41, 5.74) is 0. The molecule has 0 spiro atoms. The molecule has 0 heterocycles. The Morgan fingerprint density at radius 2 is 0.538 bits per heavy atom. The minimum Gasteiger partial charge on any atom is -0.296 e. The van der Waals surface area contributed by atoms with Gasteiger partial charge in [0.1, 0.15) is 0 Å². The lowest BCUT2D eigenvalue weighted by molar-refractivity contribution is 0.101. The van der Waals surface area contributed by atoms with Crippen LogP contribution in [0.2, 0.25) is 0 Å². The molecular weight excluding hydrogens is 578 g/mol. The molecule has 16 nitrogen and oxygen atoms in total. The van der Waals surface area contributed by atoms with Gasteiger partial charge in [-0.05, 0) is 0 Å². The fraction of sp³-hybridized carbons (Fsp3) is 1.00. The first-order valence-corrected chi connectivity index (χ1v) is 17.4. The molecule has 230 valence electrons. The molecule has 0 N–H and O–H groups in total. The summed E-state index contributed by atoms with van der Waals surface area (Å²) in [5.74, 6) is -1.89. The highest BCUT2D eigenvalue weighted by Crippen LogP contribution is 2.68. The van der Waals surface area contributed by atoms with Crippen molar-refractivity contribution in [1.82, 2.24) is 42.0 Å². The molecule has 0 bridgehead atoms. The van der Waals surface area contributed by atoms with Crippen LogP contribution in [0, 0.1) is 0 Å². The number of hydrogen-bond donors (Lipinski definition) is 0. The quantitative estimate of drug-likeness (QED) is 0.183. The molecule has 0 amide bonds. The van der Waals surface area contributed by atoms with E-state index in [1.54, 1.807) is 0 Å². The molecule has 20 heteroatoms. The van der Waals surface area contributed by atoms with E-state index in [-0.39, 0.29) is 0 Å². The summed E-state index contributed by atoms with van der Waals surface area (Å²) in [4.78, 5) is 14.6. The lowest BCUT2D eigenvalue weighted by atomic mass is 10.8. The monoisotopic (exact) mass is 634 g/mol. The minimum atomic E-state index is -2.44. The van der Waals surface area contributed by atoms with Crippen LogP contribution in [0.5, 0.6) is 0 Å². The van der Waals surface area contributed by atoms with Gasteiger partial charge in [-0.1, -0.05) is 15.3 Å². The van der Waals surface area contributed by atoms with Gasteiger partial charge in [-0.3, -0.25) is 4.52 Å². The van der Waals surface area contributed by atoms with Crippen LogP contribution in [-0.4, -0.2) is 175 Å². The molecule has 0 aromatic heterocycles. The van der Waals surface area contributed by atoms with Crippen molar-refractivity contribution in [2.75, 3.05) is 127 Å². The number of nitrogens with zero attached hydrogens (tertiary/aromatic N) is 15. The summed E-state index contributed by atoms with van der Waals surface area (Å²) in [6.07, 6.45) is 0. The summed E-state index contributed by atoms with van der Waals surface area (Å²) in [5, 5.41) is 14.0. The van der Waals surface area contributed by atoms with Gasteiger partial charge >= 0.3 is 29.6 Å². The highest BCUT2D eigenvalue weighted by atomic mass is 31.2. The standard InChI is InChI=1S/C19H56N15OP4/c1-26(2)37(27(3)4,28(5)6)23-20-19(35-36,21-24-38(29(7)8,30(9)10)31(11)12)22-25-39(32(13)14,33(15)16)34(17)18/h36H2,1-18H3/q+3. The first kappa shape index (κ1) is 39.1. The fourth-order valence-electron chi connectivity index (χ4n) is 4.43. The van der Waals surface area contributed by atoms with Crippen LogP contribution in [0.1, 0.15) is 0 Å². The summed E-state index contributed by atoms with van der Waals surface area (Å²) in [6.45, 7) is 0. The summed E-state index contributed by atoms with van der Waals surface area (Å²) < 4.78 is 24.3. The molecule has 0 aromatic rings. The van der Waals surface area contributed by atoms with E-state index >= 15 is 0 Å². The normalized spacial score (nSPS) is 16.6. The van der Waals surface area contributed by atoms with Gasteiger partial charge in [0, 0.05) is 151 Å². The zero-order chi connectivity index (χ0) is 31.1. The third-order valence-electron chi connectivity index (χ3n) is 5.87. The molecule has 0 rings (SSSR count). The van der Waals surface area contributed by atoms with Gasteiger partial charge in [0.25, 0.3) is 0 Å². The fourth-order valence-corrected chi connectivity index (χ4v) is 13.2. The summed E-state index contributed by atoms with van der Waals surface area (Å²) in [7, 11) is 30.4. The van der Waals surface area contributed by atoms with Crippen molar-refractivity contribution in [2.45, 2.75) is 5.97 Å². The Morgan fingerprint density at radius 1 is 0.385 bits per heavy atom. The zero-order valence-corrected chi connectivity index (χ0v) is 31.4. The lowest BCUT2D eigenvalue weighted by Gasteiger charge is -2.35. The highest BCUT2D eigenvalue weighted by molar-refractivity contribution is 7.68. The first-order chi connectivity index (χ1) is 17.7. The number of hydrogen-bond acceptors (Lipinski definition) is 16. The maximum atomic E-state index is 5.86. The van der Waals surface area contributed by atoms with E-state index in [1.165, 1.54) is 0 Å². The predicted octanol–water partition coefficient (Wildman–Crippen LogP) is 3.85. The van der Waals surface area contributed by atoms with Gasteiger partial charge in [0.05, 0.1) is 0 Å².